The van der Waals surface area contributed by atoms with Crippen molar-refractivity contribution in [2.75, 3.05) is 11.9 Å². The van der Waals surface area contributed by atoms with Gasteiger partial charge in [-0.3, -0.25) is 9.59 Å². The number of aryl methyl sites for hydroxylation is 2. The van der Waals surface area contributed by atoms with E-state index < -0.39 is 0 Å². The number of anilines is 1. The molecule has 0 unspecified atom stereocenters. The molecule has 0 heterocycles. The minimum atomic E-state index is -0.351. The highest BCUT2D eigenvalue weighted by Gasteiger charge is 2.12. The van der Waals surface area contributed by atoms with E-state index in [9.17, 15) is 9.59 Å². The van der Waals surface area contributed by atoms with Crippen LogP contribution in [-0.2, 0) is 4.79 Å². The van der Waals surface area contributed by atoms with Gasteiger partial charge in [0.15, 0.2) is 12.9 Å². The Bertz CT molecular complexity index is 760. The molecule has 4 nitrogen and oxygen atoms in total. The van der Waals surface area contributed by atoms with Gasteiger partial charge >= 0.3 is 0 Å². The summed E-state index contributed by atoms with van der Waals surface area (Å²) in [5, 5.41) is 3.23. The predicted molar refractivity (Wildman–Crippen MR) is 91.9 cm³/mol. The number of nitrogens with one attached hydrogen (secondary N) is 1. The van der Waals surface area contributed by atoms with Crippen LogP contribution in [0.5, 0.6) is 5.75 Å². The molecule has 2 rings (SSSR count). The molecule has 2 aromatic rings. The molecule has 0 aromatic heterocycles. The molecule has 0 aliphatic heterocycles. The molecule has 23 heavy (non-hydrogen) atoms. The minimum Gasteiger partial charge on any atom is -0.481 e. The first-order chi connectivity index (χ1) is 10.9. The van der Waals surface area contributed by atoms with Crippen molar-refractivity contribution < 1.29 is 14.3 Å². The summed E-state index contributed by atoms with van der Waals surface area (Å²) in [5.74, 6) is -0.211. The zero-order valence-electron chi connectivity index (χ0n) is 12.7. The summed E-state index contributed by atoms with van der Waals surface area (Å²) in [5.41, 5.74) is 3.09. The highest BCUT2D eigenvalue weighted by atomic mass is 35.5. The molecule has 0 bridgehead atoms. The van der Waals surface area contributed by atoms with Crippen LogP contribution in [0, 0.1) is 13.8 Å². The Kier molecular flexibility index (Phi) is 5.64. The highest BCUT2D eigenvalue weighted by molar-refractivity contribution is 6.36. The van der Waals surface area contributed by atoms with E-state index in [1.54, 1.807) is 0 Å². The van der Waals surface area contributed by atoms with Gasteiger partial charge in [0.1, 0.15) is 5.75 Å². The molecular formula is C17H15Cl2NO3. The average molecular weight is 352 g/mol. The van der Waals surface area contributed by atoms with Crippen molar-refractivity contribution in [2.45, 2.75) is 13.8 Å². The van der Waals surface area contributed by atoms with Crippen LogP contribution in [0.2, 0.25) is 10.0 Å². The van der Waals surface area contributed by atoms with E-state index in [4.69, 9.17) is 27.9 Å². The lowest BCUT2D eigenvalue weighted by Crippen LogP contribution is -2.20. The van der Waals surface area contributed by atoms with E-state index in [1.165, 1.54) is 12.1 Å². The van der Waals surface area contributed by atoms with Crippen molar-refractivity contribution in [3.05, 3.63) is 57.1 Å². The SMILES string of the molecule is Cc1ccc(NC(=O)COc2c(Cl)cc(Cl)cc2C=O)cc1C. The van der Waals surface area contributed by atoms with Gasteiger partial charge in [-0.15, -0.1) is 0 Å². The monoisotopic (exact) mass is 351 g/mol. The van der Waals surface area contributed by atoms with Gasteiger partial charge in [-0.1, -0.05) is 29.3 Å². The molecule has 0 atom stereocenters. The van der Waals surface area contributed by atoms with E-state index in [-0.39, 0.29) is 28.8 Å². The summed E-state index contributed by atoms with van der Waals surface area (Å²) in [6.45, 7) is 3.69. The Morgan fingerprint density at radius 1 is 1.17 bits per heavy atom. The van der Waals surface area contributed by atoms with Crippen LogP contribution in [-0.4, -0.2) is 18.8 Å². The highest BCUT2D eigenvalue weighted by Crippen LogP contribution is 2.31. The molecule has 120 valence electrons. The molecular weight excluding hydrogens is 337 g/mol. The fraction of sp³-hybridized carbons (Fsp3) is 0.176. The van der Waals surface area contributed by atoms with Crippen molar-refractivity contribution in [1.82, 2.24) is 0 Å². The second-order valence-electron chi connectivity index (χ2n) is 5.06. The Hall–Kier alpha value is -2.04. The quantitative estimate of drug-likeness (QED) is 0.810. The number of hydrogen-bond acceptors (Lipinski definition) is 3. The summed E-state index contributed by atoms with van der Waals surface area (Å²) < 4.78 is 5.37. The number of amides is 1. The van der Waals surface area contributed by atoms with Gasteiger partial charge in [0.2, 0.25) is 0 Å². The zero-order valence-corrected chi connectivity index (χ0v) is 14.2. The van der Waals surface area contributed by atoms with E-state index in [1.807, 2.05) is 32.0 Å². The van der Waals surface area contributed by atoms with Crippen LogP contribution < -0.4 is 10.1 Å². The van der Waals surface area contributed by atoms with E-state index >= 15 is 0 Å². The number of carbonyl (C=O) groups excluding carboxylic acids is 2. The van der Waals surface area contributed by atoms with Gasteiger partial charge in [-0.2, -0.15) is 0 Å². The van der Waals surface area contributed by atoms with Crippen molar-refractivity contribution >= 4 is 41.1 Å². The Balaban J connectivity index is 2.04. The van der Waals surface area contributed by atoms with Crippen molar-refractivity contribution in [3.63, 3.8) is 0 Å². The van der Waals surface area contributed by atoms with Gasteiger partial charge in [-0.25, -0.2) is 0 Å². The molecule has 0 saturated heterocycles. The fourth-order valence-electron chi connectivity index (χ4n) is 1.97. The lowest BCUT2D eigenvalue weighted by atomic mass is 10.1. The Labute approximate surface area is 144 Å². The first-order valence-electron chi connectivity index (χ1n) is 6.85. The number of rotatable bonds is 5. The lowest BCUT2D eigenvalue weighted by Gasteiger charge is -2.11. The molecule has 0 aliphatic carbocycles. The van der Waals surface area contributed by atoms with E-state index in [0.717, 1.165) is 11.1 Å². The molecule has 0 saturated carbocycles. The largest absolute Gasteiger partial charge is 0.481 e. The molecule has 0 fully saturated rings. The van der Waals surface area contributed by atoms with Gasteiger partial charge in [-0.05, 0) is 49.2 Å². The number of benzene rings is 2. The zero-order chi connectivity index (χ0) is 17.0. The van der Waals surface area contributed by atoms with Crippen LogP contribution in [0.1, 0.15) is 21.5 Å². The Morgan fingerprint density at radius 3 is 2.57 bits per heavy atom. The van der Waals surface area contributed by atoms with Gasteiger partial charge in [0.05, 0.1) is 10.6 Å². The number of hydrogen-bond donors (Lipinski definition) is 1. The third-order valence-electron chi connectivity index (χ3n) is 3.30. The maximum absolute atomic E-state index is 12.0. The van der Waals surface area contributed by atoms with Crippen LogP contribution >= 0.6 is 23.2 Å². The number of carbonyl (C=O) groups is 2. The fourth-order valence-corrected chi connectivity index (χ4v) is 2.54. The second-order valence-corrected chi connectivity index (χ2v) is 5.90. The Morgan fingerprint density at radius 2 is 1.91 bits per heavy atom. The number of ether oxygens (including phenoxy) is 1. The molecule has 1 amide bonds. The van der Waals surface area contributed by atoms with Crippen LogP contribution in [0.4, 0.5) is 5.69 Å². The standard InChI is InChI=1S/C17H15Cl2NO3/c1-10-3-4-14(5-11(10)2)20-16(22)9-23-17-12(8-21)6-13(18)7-15(17)19/h3-8H,9H2,1-2H3,(H,20,22). The molecule has 1 N–H and O–H groups in total. The summed E-state index contributed by atoms with van der Waals surface area (Å²) in [7, 11) is 0. The van der Waals surface area contributed by atoms with Crippen LogP contribution in [0.15, 0.2) is 30.3 Å². The van der Waals surface area contributed by atoms with Gasteiger partial charge in [0.25, 0.3) is 5.91 Å². The topological polar surface area (TPSA) is 55.4 Å². The van der Waals surface area contributed by atoms with Gasteiger partial charge in [0, 0.05) is 10.7 Å². The average Bonchev–Trinajstić information content (AvgIpc) is 2.49. The number of aldehydes is 1. The van der Waals surface area contributed by atoms with Crippen LogP contribution in [0.25, 0.3) is 0 Å². The third-order valence-corrected chi connectivity index (χ3v) is 3.80. The summed E-state index contributed by atoms with van der Waals surface area (Å²) in [6, 6.07) is 8.49. The van der Waals surface area contributed by atoms with Crippen molar-refractivity contribution in [3.8, 4) is 5.75 Å². The maximum Gasteiger partial charge on any atom is 0.262 e. The van der Waals surface area contributed by atoms with Crippen LogP contribution in [0.3, 0.4) is 0 Å². The second kappa shape index (κ2) is 7.49. The normalized spacial score (nSPS) is 10.3. The lowest BCUT2D eigenvalue weighted by molar-refractivity contribution is -0.118. The first-order valence-corrected chi connectivity index (χ1v) is 7.60. The molecule has 0 radical (unpaired) electrons. The summed E-state index contributed by atoms with van der Waals surface area (Å²) in [6.07, 6.45) is 0.578. The summed E-state index contributed by atoms with van der Waals surface area (Å²) in [4.78, 5) is 23.0. The molecule has 6 heteroatoms. The molecule has 2 aromatic carbocycles. The van der Waals surface area contributed by atoms with E-state index in [2.05, 4.69) is 5.32 Å². The van der Waals surface area contributed by atoms with Crippen molar-refractivity contribution in [2.24, 2.45) is 0 Å². The predicted octanol–water partition coefficient (Wildman–Crippen LogP) is 4.44. The minimum absolute atomic E-state index is 0.140. The van der Waals surface area contributed by atoms with Gasteiger partial charge < -0.3 is 10.1 Å². The van der Waals surface area contributed by atoms with Crippen molar-refractivity contribution in [1.29, 1.82) is 0 Å². The first kappa shape index (κ1) is 17.3. The maximum atomic E-state index is 12.0. The smallest absolute Gasteiger partial charge is 0.262 e. The van der Waals surface area contributed by atoms with E-state index in [0.29, 0.717) is 17.0 Å². The third kappa shape index (κ3) is 4.47. The molecule has 0 spiro atoms. The molecule has 0 aliphatic rings. The number of halogens is 2. The summed E-state index contributed by atoms with van der Waals surface area (Å²) >= 11 is 11.8.